The SMILES string of the molecule is CCCCCCCCCc1cnc(-c2ccc(OC(=O)c3ccc(CCCCCC)c(Cl)c3)cc2)nc1. The van der Waals surface area contributed by atoms with E-state index in [1.165, 1.54) is 69.8 Å². The lowest BCUT2D eigenvalue weighted by atomic mass is 10.0. The highest BCUT2D eigenvalue weighted by molar-refractivity contribution is 6.31. The number of aryl methyl sites for hydroxylation is 2. The number of halogens is 1. The van der Waals surface area contributed by atoms with E-state index >= 15 is 0 Å². The first-order chi connectivity index (χ1) is 18.1. The fourth-order valence-corrected chi connectivity index (χ4v) is 4.65. The molecule has 0 N–H and O–H groups in total. The molecule has 0 bridgehead atoms. The van der Waals surface area contributed by atoms with Crippen molar-refractivity contribution in [3.05, 3.63) is 76.6 Å². The van der Waals surface area contributed by atoms with Crippen LogP contribution in [0.5, 0.6) is 5.75 Å². The summed E-state index contributed by atoms with van der Waals surface area (Å²) in [5.74, 6) is 0.727. The van der Waals surface area contributed by atoms with Crippen molar-refractivity contribution in [2.75, 3.05) is 0 Å². The van der Waals surface area contributed by atoms with Gasteiger partial charge in [0, 0.05) is 23.0 Å². The molecule has 0 atom stereocenters. The minimum atomic E-state index is -0.418. The van der Waals surface area contributed by atoms with E-state index in [9.17, 15) is 4.79 Å². The minimum Gasteiger partial charge on any atom is -0.423 e. The number of benzene rings is 2. The highest BCUT2D eigenvalue weighted by Crippen LogP contribution is 2.23. The Labute approximate surface area is 227 Å². The van der Waals surface area contributed by atoms with Gasteiger partial charge in [-0.05, 0) is 73.2 Å². The van der Waals surface area contributed by atoms with Gasteiger partial charge in [-0.15, -0.1) is 0 Å². The molecule has 0 aliphatic heterocycles. The summed E-state index contributed by atoms with van der Waals surface area (Å²) in [6, 6.07) is 12.7. The van der Waals surface area contributed by atoms with Gasteiger partial charge in [-0.2, -0.15) is 0 Å². The second kappa shape index (κ2) is 16.2. The molecule has 0 amide bonds. The zero-order valence-corrected chi connectivity index (χ0v) is 23.2. The molecular formula is C32H41ClN2O2. The van der Waals surface area contributed by atoms with Crippen LogP contribution in [0.25, 0.3) is 11.4 Å². The van der Waals surface area contributed by atoms with Crippen LogP contribution in [0.3, 0.4) is 0 Å². The van der Waals surface area contributed by atoms with E-state index in [1.54, 1.807) is 24.3 Å². The number of carbonyl (C=O) groups excluding carboxylic acids is 1. The van der Waals surface area contributed by atoms with Crippen LogP contribution in [0.4, 0.5) is 0 Å². The molecule has 2 aromatic carbocycles. The second-order valence-corrected chi connectivity index (χ2v) is 10.2. The maximum absolute atomic E-state index is 12.6. The number of rotatable bonds is 16. The molecule has 0 aliphatic carbocycles. The average molecular weight is 521 g/mol. The van der Waals surface area contributed by atoms with Gasteiger partial charge in [-0.25, -0.2) is 14.8 Å². The molecule has 0 fully saturated rings. The third-order valence-corrected chi connectivity index (χ3v) is 7.04. The summed E-state index contributed by atoms with van der Waals surface area (Å²) < 4.78 is 5.57. The van der Waals surface area contributed by atoms with Gasteiger partial charge >= 0.3 is 5.97 Å². The first-order valence-corrected chi connectivity index (χ1v) is 14.4. The highest BCUT2D eigenvalue weighted by Gasteiger charge is 2.12. The van der Waals surface area contributed by atoms with Gasteiger partial charge in [-0.3, -0.25) is 0 Å². The van der Waals surface area contributed by atoms with Crippen molar-refractivity contribution >= 4 is 17.6 Å². The first-order valence-electron chi connectivity index (χ1n) is 14.0. The van der Waals surface area contributed by atoms with E-state index < -0.39 is 5.97 Å². The smallest absolute Gasteiger partial charge is 0.343 e. The summed E-state index contributed by atoms with van der Waals surface area (Å²) in [5, 5.41) is 0.619. The van der Waals surface area contributed by atoms with Gasteiger partial charge in [-0.1, -0.05) is 89.3 Å². The normalized spacial score (nSPS) is 11.0. The van der Waals surface area contributed by atoms with Crippen molar-refractivity contribution in [3.8, 4) is 17.1 Å². The highest BCUT2D eigenvalue weighted by atomic mass is 35.5. The zero-order valence-electron chi connectivity index (χ0n) is 22.5. The Morgan fingerprint density at radius 1 is 0.757 bits per heavy atom. The van der Waals surface area contributed by atoms with Crippen molar-refractivity contribution in [2.45, 2.75) is 97.3 Å². The van der Waals surface area contributed by atoms with E-state index in [-0.39, 0.29) is 0 Å². The number of nitrogens with zero attached hydrogens (tertiary/aromatic N) is 2. The van der Waals surface area contributed by atoms with Crippen molar-refractivity contribution in [3.63, 3.8) is 0 Å². The summed E-state index contributed by atoms with van der Waals surface area (Å²) in [7, 11) is 0. The van der Waals surface area contributed by atoms with Gasteiger partial charge in [0.2, 0.25) is 0 Å². The van der Waals surface area contributed by atoms with Gasteiger partial charge in [0.1, 0.15) is 5.75 Å². The van der Waals surface area contributed by atoms with Gasteiger partial charge in [0.25, 0.3) is 0 Å². The summed E-state index contributed by atoms with van der Waals surface area (Å²) in [4.78, 5) is 21.7. The molecule has 0 saturated heterocycles. The van der Waals surface area contributed by atoms with Gasteiger partial charge in [0.05, 0.1) is 5.56 Å². The van der Waals surface area contributed by atoms with Crippen LogP contribution < -0.4 is 4.74 Å². The number of carbonyl (C=O) groups is 1. The predicted octanol–water partition coefficient (Wildman–Crippen LogP) is 9.43. The Bertz CT molecular complexity index is 1080. The molecule has 198 valence electrons. The van der Waals surface area contributed by atoms with Gasteiger partial charge < -0.3 is 4.74 Å². The topological polar surface area (TPSA) is 52.1 Å². The third-order valence-electron chi connectivity index (χ3n) is 6.69. The summed E-state index contributed by atoms with van der Waals surface area (Å²) >= 11 is 6.43. The largest absolute Gasteiger partial charge is 0.423 e. The average Bonchev–Trinajstić information content (AvgIpc) is 2.92. The summed E-state index contributed by atoms with van der Waals surface area (Å²) in [5.41, 5.74) is 3.59. The molecule has 3 aromatic rings. The summed E-state index contributed by atoms with van der Waals surface area (Å²) in [6.45, 7) is 4.45. The van der Waals surface area contributed by atoms with Crippen molar-refractivity contribution in [1.29, 1.82) is 0 Å². The van der Waals surface area contributed by atoms with Gasteiger partial charge in [0.15, 0.2) is 5.82 Å². The predicted molar refractivity (Wildman–Crippen MR) is 153 cm³/mol. The number of ether oxygens (including phenoxy) is 1. The van der Waals surface area contributed by atoms with Crippen LogP contribution in [0.2, 0.25) is 5.02 Å². The molecule has 1 aromatic heterocycles. The molecule has 0 saturated carbocycles. The third kappa shape index (κ3) is 9.92. The summed E-state index contributed by atoms with van der Waals surface area (Å²) in [6.07, 6.45) is 19.6. The molecule has 0 aliphatic rings. The number of hydrogen-bond acceptors (Lipinski definition) is 4. The maximum Gasteiger partial charge on any atom is 0.343 e. The van der Waals surface area contributed by atoms with E-state index in [2.05, 4.69) is 23.8 Å². The van der Waals surface area contributed by atoms with E-state index in [1.807, 2.05) is 30.6 Å². The van der Waals surface area contributed by atoms with Crippen LogP contribution in [0.1, 0.15) is 106 Å². The number of unbranched alkanes of at least 4 members (excludes halogenated alkanes) is 9. The van der Waals surface area contributed by atoms with Crippen LogP contribution in [-0.4, -0.2) is 15.9 Å². The first kappa shape index (κ1) is 28.8. The fraction of sp³-hybridized carbons (Fsp3) is 0.469. The van der Waals surface area contributed by atoms with E-state index in [0.29, 0.717) is 22.2 Å². The Balaban J connectivity index is 1.47. The van der Waals surface area contributed by atoms with Crippen LogP contribution in [0, 0.1) is 0 Å². The van der Waals surface area contributed by atoms with E-state index in [0.717, 1.165) is 30.4 Å². The van der Waals surface area contributed by atoms with E-state index in [4.69, 9.17) is 16.3 Å². The molecule has 3 rings (SSSR count). The Hall–Kier alpha value is -2.72. The lowest BCUT2D eigenvalue weighted by Gasteiger charge is -2.08. The number of esters is 1. The molecular weight excluding hydrogens is 480 g/mol. The van der Waals surface area contributed by atoms with Crippen LogP contribution in [-0.2, 0) is 12.8 Å². The van der Waals surface area contributed by atoms with Crippen LogP contribution >= 0.6 is 11.6 Å². The number of hydrogen-bond donors (Lipinski definition) is 0. The molecule has 0 spiro atoms. The molecule has 37 heavy (non-hydrogen) atoms. The lowest BCUT2D eigenvalue weighted by molar-refractivity contribution is 0.0734. The van der Waals surface area contributed by atoms with Crippen molar-refractivity contribution < 1.29 is 9.53 Å². The molecule has 5 heteroatoms. The fourth-order valence-electron chi connectivity index (χ4n) is 4.38. The van der Waals surface area contributed by atoms with Crippen molar-refractivity contribution in [2.24, 2.45) is 0 Å². The molecule has 4 nitrogen and oxygen atoms in total. The maximum atomic E-state index is 12.6. The lowest BCUT2D eigenvalue weighted by Crippen LogP contribution is -2.08. The van der Waals surface area contributed by atoms with Crippen LogP contribution in [0.15, 0.2) is 54.9 Å². The monoisotopic (exact) mass is 520 g/mol. The second-order valence-electron chi connectivity index (χ2n) is 9.82. The standard InChI is InChI=1S/C32H41ClN2O2/c1-3-5-7-9-10-11-12-14-25-23-34-31(35-24-25)27-18-20-29(21-19-27)37-32(36)28-17-16-26(30(33)22-28)15-13-8-6-4-2/h16-24H,3-15H2,1-2H3. The Morgan fingerprint density at radius 3 is 2.00 bits per heavy atom. The Morgan fingerprint density at radius 2 is 1.35 bits per heavy atom. The molecule has 0 unspecified atom stereocenters. The van der Waals surface area contributed by atoms with Crippen molar-refractivity contribution in [1.82, 2.24) is 9.97 Å². The quantitative estimate of drug-likeness (QED) is 0.107. The number of aromatic nitrogens is 2. The zero-order chi connectivity index (χ0) is 26.3. The molecule has 1 heterocycles. The minimum absolute atomic E-state index is 0.418. The Kier molecular flexibility index (Phi) is 12.6. The molecule has 0 radical (unpaired) electrons.